The molecule has 0 saturated carbocycles. The summed E-state index contributed by atoms with van der Waals surface area (Å²) in [4.78, 5) is 7.93. The normalized spacial score (nSPS) is 13.0. The van der Waals surface area contributed by atoms with Crippen molar-refractivity contribution in [1.29, 1.82) is 0 Å². The van der Waals surface area contributed by atoms with Crippen LogP contribution < -0.4 is 10.6 Å². The number of aryl methyl sites for hydroxylation is 1. The van der Waals surface area contributed by atoms with E-state index in [9.17, 15) is 13.2 Å². The van der Waals surface area contributed by atoms with E-state index in [1.165, 1.54) is 11.1 Å². The fourth-order valence-electron chi connectivity index (χ4n) is 2.35. The van der Waals surface area contributed by atoms with E-state index in [1.54, 1.807) is 0 Å². The predicted molar refractivity (Wildman–Crippen MR) is 115 cm³/mol. The van der Waals surface area contributed by atoms with Crippen LogP contribution in [0.2, 0.25) is 0 Å². The lowest BCUT2D eigenvalue weighted by atomic mass is 9.99. The van der Waals surface area contributed by atoms with E-state index < -0.39 is 11.9 Å². The highest BCUT2D eigenvalue weighted by atomic mass is 127. The van der Waals surface area contributed by atoms with Gasteiger partial charge in [0.2, 0.25) is 0 Å². The monoisotopic (exact) mass is 512 g/mol. The van der Waals surface area contributed by atoms with Crippen molar-refractivity contribution in [2.75, 3.05) is 13.1 Å². The van der Waals surface area contributed by atoms with E-state index in [2.05, 4.69) is 52.7 Å². The van der Waals surface area contributed by atoms with Crippen LogP contribution in [0.15, 0.2) is 34.6 Å². The molecule has 1 aromatic heterocycles. The maximum absolute atomic E-state index is 12.6. The van der Waals surface area contributed by atoms with Gasteiger partial charge in [-0.15, -0.1) is 35.3 Å². The van der Waals surface area contributed by atoms with Crippen molar-refractivity contribution in [2.24, 2.45) is 4.99 Å². The number of hydrogen-bond acceptors (Lipinski definition) is 3. The van der Waals surface area contributed by atoms with Gasteiger partial charge in [-0.1, -0.05) is 36.8 Å². The lowest BCUT2D eigenvalue weighted by Crippen LogP contribution is -2.39. The molecule has 2 aromatic rings. The number of thiazole rings is 1. The molecular formula is C18H24F3IN4S. The van der Waals surface area contributed by atoms with Crippen LogP contribution in [-0.2, 0) is 12.7 Å². The van der Waals surface area contributed by atoms with E-state index in [4.69, 9.17) is 0 Å². The van der Waals surface area contributed by atoms with Crippen molar-refractivity contribution >= 4 is 41.3 Å². The highest BCUT2D eigenvalue weighted by Gasteiger charge is 2.33. The topological polar surface area (TPSA) is 49.3 Å². The van der Waals surface area contributed by atoms with Gasteiger partial charge in [-0.25, -0.2) is 9.98 Å². The van der Waals surface area contributed by atoms with Crippen LogP contribution in [0.3, 0.4) is 0 Å². The Morgan fingerprint density at radius 1 is 1.30 bits per heavy atom. The van der Waals surface area contributed by atoms with Crippen LogP contribution in [-0.4, -0.2) is 24.0 Å². The second-order valence-electron chi connectivity index (χ2n) is 6.02. The molecule has 0 amide bonds. The van der Waals surface area contributed by atoms with E-state index in [1.807, 2.05) is 13.0 Å². The van der Waals surface area contributed by atoms with Crippen LogP contribution in [0.4, 0.5) is 13.2 Å². The lowest BCUT2D eigenvalue weighted by Gasteiger charge is -2.16. The van der Waals surface area contributed by atoms with Crippen LogP contribution in [0.1, 0.15) is 41.6 Å². The molecule has 1 aromatic carbocycles. The number of hydrogen-bond donors (Lipinski definition) is 2. The first-order chi connectivity index (χ1) is 12.3. The zero-order valence-electron chi connectivity index (χ0n) is 15.4. The zero-order valence-corrected chi connectivity index (χ0v) is 18.6. The van der Waals surface area contributed by atoms with Crippen LogP contribution in [0, 0.1) is 6.92 Å². The molecular weight excluding hydrogens is 488 g/mol. The molecule has 1 unspecified atom stereocenters. The Labute approximate surface area is 178 Å². The molecule has 0 aliphatic carbocycles. The summed E-state index contributed by atoms with van der Waals surface area (Å²) in [6.07, 6.45) is -4.41. The first-order valence-corrected chi connectivity index (χ1v) is 9.28. The number of nitrogens with one attached hydrogen (secondary N) is 2. The second-order valence-corrected chi connectivity index (χ2v) is 6.96. The van der Waals surface area contributed by atoms with Crippen molar-refractivity contribution in [2.45, 2.75) is 39.4 Å². The van der Waals surface area contributed by atoms with Gasteiger partial charge in [0.05, 0.1) is 6.54 Å². The van der Waals surface area contributed by atoms with Crippen molar-refractivity contribution in [3.8, 4) is 0 Å². The molecule has 0 spiro atoms. The Morgan fingerprint density at radius 2 is 2.04 bits per heavy atom. The van der Waals surface area contributed by atoms with Gasteiger partial charge in [0.15, 0.2) is 11.7 Å². The number of aromatic nitrogens is 1. The molecule has 2 rings (SSSR count). The molecule has 0 radical (unpaired) electrons. The maximum Gasteiger partial charge on any atom is 0.434 e. The molecule has 1 atom stereocenters. The molecule has 1 heterocycles. The van der Waals surface area contributed by atoms with Gasteiger partial charge in [0.1, 0.15) is 5.01 Å². The quantitative estimate of drug-likeness (QED) is 0.328. The number of benzene rings is 1. The summed E-state index contributed by atoms with van der Waals surface area (Å²) in [6, 6.07) is 8.31. The average molecular weight is 512 g/mol. The first-order valence-electron chi connectivity index (χ1n) is 8.40. The van der Waals surface area contributed by atoms with Crippen LogP contribution in [0.25, 0.3) is 0 Å². The lowest BCUT2D eigenvalue weighted by molar-refractivity contribution is -0.140. The molecule has 4 nitrogen and oxygen atoms in total. The summed E-state index contributed by atoms with van der Waals surface area (Å²) in [6.45, 7) is 7.54. The third kappa shape index (κ3) is 7.65. The number of nitrogens with zero attached hydrogens (tertiary/aromatic N) is 2. The van der Waals surface area contributed by atoms with Crippen molar-refractivity contribution in [3.05, 3.63) is 51.5 Å². The minimum absolute atomic E-state index is 0. The molecule has 2 N–H and O–H groups in total. The highest BCUT2D eigenvalue weighted by molar-refractivity contribution is 14.0. The minimum Gasteiger partial charge on any atom is -0.357 e. The third-order valence-corrected chi connectivity index (χ3v) is 4.58. The van der Waals surface area contributed by atoms with Crippen LogP contribution in [0.5, 0.6) is 0 Å². The van der Waals surface area contributed by atoms with Crippen molar-refractivity contribution < 1.29 is 13.2 Å². The van der Waals surface area contributed by atoms with Crippen LogP contribution >= 0.6 is 35.3 Å². The number of halogens is 4. The molecule has 0 saturated heterocycles. The summed E-state index contributed by atoms with van der Waals surface area (Å²) in [5.41, 5.74) is 1.57. The number of rotatable bonds is 6. The largest absolute Gasteiger partial charge is 0.434 e. The smallest absolute Gasteiger partial charge is 0.357 e. The SMILES string of the molecule is CCNC(=NCc1nc(C(F)(F)F)cs1)NCC(C)c1cccc(C)c1.I. The maximum atomic E-state index is 12.6. The molecule has 9 heteroatoms. The van der Waals surface area contributed by atoms with Gasteiger partial charge >= 0.3 is 6.18 Å². The Hall–Kier alpha value is -1.36. The van der Waals surface area contributed by atoms with Gasteiger partial charge in [0.25, 0.3) is 0 Å². The van der Waals surface area contributed by atoms with Gasteiger partial charge in [0, 0.05) is 18.5 Å². The van der Waals surface area contributed by atoms with E-state index in [0.717, 1.165) is 16.7 Å². The summed E-state index contributed by atoms with van der Waals surface area (Å²) < 4.78 is 37.8. The molecule has 0 aliphatic rings. The number of guanidine groups is 1. The van der Waals surface area contributed by atoms with Gasteiger partial charge in [-0.2, -0.15) is 13.2 Å². The summed E-state index contributed by atoms with van der Waals surface area (Å²) >= 11 is 0.966. The number of aliphatic imine (C=N–C) groups is 1. The second kappa shape index (κ2) is 10.8. The Bertz CT molecular complexity index is 746. The van der Waals surface area contributed by atoms with Gasteiger partial charge < -0.3 is 10.6 Å². The fraction of sp³-hybridized carbons (Fsp3) is 0.444. The Balaban J connectivity index is 0.00000364. The molecule has 150 valence electrons. The molecule has 27 heavy (non-hydrogen) atoms. The summed E-state index contributed by atoms with van der Waals surface area (Å²) in [5, 5.41) is 7.69. The van der Waals surface area contributed by atoms with Gasteiger partial charge in [-0.3, -0.25) is 0 Å². The molecule has 0 aliphatic heterocycles. The van der Waals surface area contributed by atoms with E-state index in [0.29, 0.717) is 24.1 Å². The summed E-state index contributed by atoms with van der Waals surface area (Å²) in [5.74, 6) is 0.839. The predicted octanol–water partition coefficient (Wildman–Crippen LogP) is 4.95. The Morgan fingerprint density at radius 3 is 2.63 bits per heavy atom. The first kappa shape index (κ1) is 23.7. The number of alkyl halides is 3. The molecule has 0 fully saturated rings. The minimum atomic E-state index is -4.41. The van der Waals surface area contributed by atoms with Crippen molar-refractivity contribution in [1.82, 2.24) is 15.6 Å². The Kier molecular flexibility index (Phi) is 9.51. The van der Waals surface area contributed by atoms with E-state index in [-0.39, 0.29) is 36.4 Å². The fourth-order valence-corrected chi connectivity index (χ4v) is 3.07. The van der Waals surface area contributed by atoms with E-state index >= 15 is 0 Å². The standard InChI is InChI=1S/C18H23F3N4S.HI/c1-4-22-17(23-9-13(3)14-7-5-6-12(2)8-14)24-10-16-25-15(11-26-16)18(19,20)21;/h5-8,11,13H,4,9-10H2,1-3H3,(H2,22,23,24);1H. The summed E-state index contributed by atoms with van der Waals surface area (Å²) in [7, 11) is 0. The van der Waals surface area contributed by atoms with Crippen molar-refractivity contribution in [3.63, 3.8) is 0 Å². The van der Waals surface area contributed by atoms with Gasteiger partial charge in [-0.05, 0) is 25.3 Å². The third-order valence-electron chi connectivity index (χ3n) is 3.75. The zero-order chi connectivity index (χ0) is 19.2. The highest BCUT2D eigenvalue weighted by Crippen LogP contribution is 2.30. The molecule has 0 bridgehead atoms. The average Bonchev–Trinajstić information content (AvgIpc) is 3.06.